The zero-order chi connectivity index (χ0) is 24.9. The molecule has 35 heavy (non-hydrogen) atoms. The summed E-state index contributed by atoms with van der Waals surface area (Å²) >= 11 is 0. The topological polar surface area (TPSA) is 71.7 Å². The molecule has 0 unspecified atom stereocenters. The lowest BCUT2D eigenvalue weighted by molar-refractivity contribution is 0.0697. The number of rotatable bonds is 6. The van der Waals surface area contributed by atoms with Crippen molar-refractivity contribution in [2.45, 2.75) is 24.7 Å². The van der Waals surface area contributed by atoms with Crippen molar-refractivity contribution >= 4 is 16.9 Å². The van der Waals surface area contributed by atoms with E-state index in [1.54, 1.807) is 23.8 Å². The van der Waals surface area contributed by atoms with Crippen molar-refractivity contribution in [1.29, 1.82) is 0 Å². The van der Waals surface area contributed by atoms with Crippen molar-refractivity contribution < 1.29 is 32.9 Å². The maximum Gasteiger partial charge on any atom is 0.335 e. The standard InChI is InChI=1S/C27H22F3NO4/c1-35-14-27(11-2-12-27)25-22(15-3-5-16(6-4-15)26(33)34)23-21(10-9-19(29)24(23)32)31(25)17-7-8-18(28)20(30)13-17/h3-10,13,32H,2,11-12,14H2,1H3,(H,33,34). The summed E-state index contributed by atoms with van der Waals surface area (Å²) in [6.45, 7) is 0.316. The van der Waals surface area contributed by atoms with Gasteiger partial charge in [0.25, 0.3) is 0 Å². The van der Waals surface area contributed by atoms with Crippen LogP contribution in [0.5, 0.6) is 5.75 Å². The number of fused-ring (bicyclic) bond motifs is 1. The number of hydrogen-bond donors (Lipinski definition) is 2. The molecular formula is C27H22F3NO4. The van der Waals surface area contributed by atoms with Crippen LogP contribution in [-0.4, -0.2) is 34.5 Å². The molecule has 0 saturated heterocycles. The summed E-state index contributed by atoms with van der Waals surface area (Å²) in [6.07, 6.45) is 2.36. The zero-order valence-electron chi connectivity index (χ0n) is 18.8. The fourth-order valence-corrected chi connectivity index (χ4v) is 5.12. The number of benzene rings is 3. The Kier molecular flexibility index (Phi) is 5.56. The Morgan fingerprint density at radius 2 is 1.69 bits per heavy atom. The van der Waals surface area contributed by atoms with E-state index < -0.39 is 34.6 Å². The van der Waals surface area contributed by atoms with E-state index in [1.165, 1.54) is 24.3 Å². The number of aromatic nitrogens is 1. The number of carboxylic acid groups (broad SMARTS) is 1. The molecule has 0 aliphatic heterocycles. The second-order valence-electron chi connectivity index (χ2n) is 8.90. The first-order valence-corrected chi connectivity index (χ1v) is 11.1. The van der Waals surface area contributed by atoms with E-state index in [2.05, 4.69) is 0 Å². The Bertz CT molecular complexity index is 1460. The van der Waals surface area contributed by atoms with Gasteiger partial charge in [-0.15, -0.1) is 0 Å². The average Bonchev–Trinajstić information content (AvgIpc) is 3.16. The molecule has 1 saturated carbocycles. The molecule has 1 aromatic heterocycles. The summed E-state index contributed by atoms with van der Waals surface area (Å²) in [5, 5.41) is 20.4. The number of methoxy groups -OCH3 is 1. The molecule has 0 atom stereocenters. The summed E-state index contributed by atoms with van der Waals surface area (Å²) in [5.41, 5.74) is 1.97. The normalized spacial score (nSPS) is 14.7. The first-order valence-electron chi connectivity index (χ1n) is 11.1. The Labute approximate surface area is 199 Å². The Hall–Kier alpha value is -3.78. The van der Waals surface area contributed by atoms with Crippen LogP contribution in [0.3, 0.4) is 0 Å². The van der Waals surface area contributed by atoms with Gasteiger partial charge in [0.1, 0.15) is 0 Å². The summed E-state index contributed by atoms with van der Waals surface area (Å²) in [7, 11) is 1.57. The van der Waals surface area contributed by atoms with Gasteiger partial charge in [-0.25, -0.2) is 18.0 Å². The molecule has 0 bridgehead atoms. The van der Waals surface area contributed by atoms with E-state index in [-0.39, 0.29) is 10.9 Å². The molecule has 1 heterocycles. The van der Waals surface area contributed by atoms with Crippen LogP contribution in [0.1, 0.15) is 35.3 Å². The minimum absolute atomic E-state index is 0.0743. The van der Waals surface area contributed by atoms with Crippen LogP contribution in [0.25, 0.3) is 27.7 Å². The highest BCUT2D eigenvalue weighted by atomic mass is 19.2. The van der Waals surface area contributed by atoms with Gasteiger partial charge >= 0.3 is 5.97 Å². The van der Waals surface area contributed by atoms with Gasteiger partial charge in [-0.1, -0.05) is 18.6 Å². The number of ether oxygens (including phenoxy) is 1. The second-order valence-corrected chi connectivity index (χ2v) is 8.90. The van der Waals surface area contributed by atoms with Gasteiger partial charge < -0.3 is 19.5 Å². The number of phenols is 1. The van der Waals surface area contributed by atoms with Gasteiger partial charge in [0.05, 0.1) is 23.1 Å². The number of carbonyl (C=O) groups is 1. The molecule has 3 aromatic carbocycles. The van der Waals surface area contributed by atoms with E-state index in [0.717, 1.165) is 37.5 Å². The smallest absolute Gasteiger partial charge is 0.335 e. The SMILES string of the molecule is COCC1(c2c(-c3ccc(C(=O)O)cc3)c3c(O)c(F)ccc3n2-c2ccc(F)c(F)c2)CCC1. The maximum atomic E-state index is 14.6. The van der Waals surface area contributed by atoms with Crippen molar-refractivity contribution in [2.75, 3.05) is 13.7 Å². The van der Waals surface area contributed by atoms with Crippen LogP contribution in [0.2, 0.25) is 0 Å². The predicted molar refractivity (Wildman–Crippen MR) is 125 cm³/mol. The quantitative estimate of drug-likeness (QED) is 0.345. The molecule has 1 aliphatic carbocycles. The van der Waals surface area contributed by atoms with E-state index in [0.29, 0.717) is 34.6 Å². The molecule has 2 N–H and O–H groups in total. The Morgan fingerprint density at radius 1 is 1.00 bits per heavy atom. The van der Waals surface area contributed by atoms with Crippen molar-refractivity contribution in [3.8, 4) is 22.6 Å². The third-order valence-corrected chi connectivity index (χ3v) is 6.87. The van der Waals surface area contributed by atoms with Crippen molar-refractivity contribution in [1.82, 2.24) is 4.57 Å². The highest BCUT2D eigenvalue weighted by Crippen LogP contribution is 2.53. The lowest BCUT2D eigenvalue weighted by atomic mass is 9.65. The second kappa shape index (κ2) is 8.46. The van der Waals surface area contributed by atoms with Crippen LogP contribution < -0.4 is 0 Å². The number of halogens is 3. The molecular weight excluding hydrogens is 459 g/mol. The molecule has 5 nitrogen and oxygen atoms in total. The maximum absolute atomic E-state index is 14.6. The minimum Gasteiger partial charge on any atom is -0.504 e. The lowest BCUT2D eigenvalue weighted by Gasteiger charge is -2.43. The van der Waals surface area contributed by atoms with Crippen molar-refractivity contribution in [3.63, 3.8) is 0 Å². The zero-order valence-corrected chi connectivity index (χ0v) is 18.8. The number of aromatic carboxylic acids is 1. The summed E-state index contributed by atoms with van der Waals surface area (Å²) in [5.74, 6) is -4.54. The molecule has 5 rings (SSSR count). The number of carboxylic acids is 1. The summed E-state index contributed by atoms with van der Waals surface area (Å²) in [6, 6.07) is 12.2. The lowest BCUT2D eigenvalue weighted by Crippen LogP contribution is -2.41. The van der Waals surface area contributed by atoms with Crippen molar-refractivity contribution in [3.05, 3.63) is 83.3 Å². The van der Waals surface area contributed by atoms with Gasteiger partial charge in [-0.2, -0.15) is 0 Å². The van der Waals surface area contributed by atoms with E-state index in [9.17, 15) is 28.2 Å². The molecule has 1 fully saturated rings. The first-order chi connectivity index (χ1) is 16.8. The first kappa shape index (κ1) is 23.0. The van der Waals surface area contributed by atoms with Gasteiger partial charge in [-0.3, -0.25) is 0 Å². The molecule has 8 heteroatoms. The van der Waals surface area contributed by atoms with Gasteiger partial charge in [-0.05, 0) is 54.8 Å². The van der Waals surface area contributed by atoms with E-state index in [4.69, 9.17) is 4.74 Å². The highest BCUT2D eigenvalue weighted by Gasteiger charge is 2.45. The van der Waals surface area contributed by atoms with Crippen LogP contribution >= 0.6 is 0 Å². The highest BCUT2D eigenvalue weighted by molar-refractivity contribution is 6.04. The third kappa shape index (κ3) is 3.56. The van der Waals surface area contributed by atoms with Gasteiger partial charge in [0.15, 0.2) is 23.2 Å². The largest absolute Gasteiger partial charge is 0.504 e. The van der Waals surface area contributed by atoms with E-state index in [1.807, 2.05) is 0 Å². The van der Waals surface area contributed by atoms with Gasteiger partial charge in [0, 0.05) is 35.5 Å². The van der Waals surface area contributed by atoms with Crippen molar-refractivity contribution in [2.24, 2.45) is 0 Å². The summed E-state index contributed by atoms with van der Waals surface area (Å²) < 4.78 is 50.1. The molecule has 0 radical (unpaired) electrons. The predicted octanol–water partition coefficient (Wildman–Crippen LogP) is 6.19. The molecule has 4 aromatic rings. The monoisotopic (exact) mass is 481 g/mol. The van der Waals surface area contributed by atoms with Crippen LogP contribution in [0.4, 0.5) is 13.2 Å². The number of aromatic hydroxyl groups is 1. The molecule has 1 aliphatic rings. The molecule has 180 valence electrons. The fraction of sp³-hybridized carbons (Fsp3) is 0.222. The van der Waals surface area contributed by atoms with Gasteiger partial charge in [0.2, 0.25) is 0 Å². The third-order valence-electron chi connectivity index (χ3n) is 6.87. The Balaban J connectivity index is 1.94. The number of phenolic OH excluding ortho intramolecular Hbond substituents is 1. The molecule has 0 amide bonds. The number of nitrogens with zero attached hydrogens (tertiary/aromatic N) is 1. The van der Waals surface area contributed by atoms with Crippen LogP contribution in [0.15, 0.2) is 54.6 Å². The van der Waals surface area contributed by atoms with Crippen LogP contribution in [0, 0.1) is 17.5 Å². The van der Waals surface area contributed by atoms with E-state index >= 15 is 0 Å². The molecule has 0 spiro atoms. The average molecular weight is 481 g/mol. The minimum atomic E-state index is -1.09. The fourth-order valence-electron chi connectivity index (χ4n) is 5.12. The number of hydrogen-bond acceptors (Lipinski definition) is 3. The van der Waals surface area contributed by atoms with Crippen LogP contribution in [-0.2, 0) is 10.2 Å². The Morgan fingerprint density at radius 3 is 2.26 bits per heavy atom. The summed E-state index contributed by atoms with van der Waals surface area (Å²) in [4.78, 5) is 11.4.